The molecule has 2 nitrogen and oxygen atoms in total. The zero-order chi connectivity index (χ0) is 14.0. The number of hydrogen-bond acceptors (Lipinski definition) is 2. The second kappa shape index (κ2) is 5.36. The Morgan fingerprint density at radius 2 is 1.74 bits per heavy atom. The Balaban J connectivity index is 2.41. The van der Waals surface area contributed by atoms with Gasteiger partial charge in [-0.25, -0.2) is 8.78 Å². The maximum atomic E-state index is 13.9. The maximum Gasteiger partial charge on any atom is 0.133 e. The predicted molar refractivity (Wildman–Crippen MR) is 68.2 cm³/mol. The van der Waals surface area contributed by atoms with E-state index in [0.717, 1.165) is 0 Å². The van der Waals surface area contributed by atoms with Crippen molar-refractivity contribution < 1.29 is 18.6 Å². The molecule has 19 heavy (non-hydrogen) atoms. The summed E-state index contributed by atoms with van der Waals surface area (Å²) in [5.74, 6) is -0.566. The lowest BCUT2D eigenvalue weighted by molar-refractivity contribution is 0.214. The first-order valence-electron chi connectivity index (χ1n) is 5.80. The zero-order valence-electron chi connectivity index (χ0n) is 10.7. The average Bonchev–Trinajstić information content (AvgIpc) is 2.37. The van der Waals surface area contributed by atoms with Gasteiger partial charge < -0.3 is 9.84 Å². The highest BCUT2D eigenvalue weighted by Crippen LogP contribution is 2.29. The van der Waals surface area contributed by atoms with Crippen molar-refractivity contribution in [1.29, 1.82) is 0 Å². The highest BCUT2D eigenvalue weighted by Gasteiger charge is 2.17. The molecule has 0 bridgehead atoms. The van der Waals surface area contributed by atoms with Crippen LogP contribution >= 0.6 is 0 Å². The van der Waals surface area contributed by atoms with Crippen molar-refractivity contribution in [3.8, 4) is 5.75 Å². The Hall–Kier alpha value is -1.94. The Morgan fingerprint density at radius 1 is 1.05 bits per heavy atom. The summed E-state index contributed by atoms with van der Waals surface area (Å²) in [6, 6.07) is 8.24. The van der Waals surface area contributed by atoms with Gasteiger partial charge in [-0.3, -0.25) is 0 Å². The standard InChI is InChI=1S/C15H14F2O2/c1-9-7-10(16)3-5-12(9)15(18)13-6-4-11(19-2)8-14(13)17/h3-8,15,18H,1-2H3. The Kier molecular flexibility index (Phi) is 3.81. The molecule has 0 aliphatic heterocycles. The van der Waals surface area contributed by atoms with Crippen molar-refractivity contribution in [2.75, 3.05) is 7.11 Å². The second-order valence-electron chi connectivity index (χ2n) is 4.29. The third kappa shape index (κ3) is 2.74. The maximum absolute atomic E-state index is 13.9. The van der Waals surface area contributed by atoms with E-state index in [1.807, 2.05) is 0 Å². The number of rotatable bonds is 3. The van der Waals surface area contributed by atoms with Gasteiger partial charge in [-0.1, -0.05) is 6.07 Å². The van der Waals surface area contributed by atoms with Crippen LogP contribution in [-0.4, -0.2) is 12.2 Å². The summed E-state index contributed by atoms with van der Waals surface area (Å²) in [5, 5.41) is 10.2. The molecule has 100 valence electrons. The average molecular weight is 264 g/mol. The van der Waals surface area contributed by atoms with Crippen LogP contribution in [0.2, 0.25) is 0 Å². The van der Waals surface area contributed by atoms with E-state index in [1.165, 1.54) is 37.4 Å². The van der Waals surface area contributed by atoms with Gasteiger partial charge >= 0.3 is 0 Å². The molecular formula is C15H14F2O2. The summed E-state index contributed by atoms with van der Waals surface area (Å²) in [4.78, 5) is 0. The Labute approximate surface area is 110 Å². The third-order valence-electron chi connectivity index (χ3n) is 3.03. The van der Waals surface area contributed by atoms with Crippen molar-refractivity contribution in [2.24, 2.45) is 0 Å². The Bertz CT molecular complexity index is 597. The molecular weight excluding hydrogens is 250 g/mol. The van der Waals surface area contributed by atoms with Crippen LogP contribution in [0.4, 0.5) is 8.78 Å². The molecule has 0 heterocycles. The molecule has 0 aromatic heterocycles. The minimum atomic E-state index is -1.13. The first kappa shape index (κ1) is 13.5. The summed E-state index contributed by atoms with van der Waals surface area (Å²) in [6.45, 7) is 1.67. The number of aliphatic hydroxyl groups is 1. The number of aliphatic hydroxyl groups excluding tert-OH is 1. The van der Waals surface area contributed by atoms with E-state index in [-0.39, 0.29) is 11.4 Å². The minimum absolute atomic E-state index is 0.135. The minimum Gasteiger partial charge on any atom is -0.497 e. The van der Waals surface area contributed by atoms with Crippen LogP contribution < -0.4 is 4.74 Å². The highest BCUT2D eigenvalue weighted by atomic mass is 19.1. The predicted octanol–water partition coefficient (Wildman–Crippen LogP) is 3.36. The lowest BCUT2D eigenvalue weighted by Crippen LogP contribution is -2.05. The summed E-state index contributed by atoms with van der Waals surface area (Å²) >= 11 is 0. The van der Waals surface area contributed by atoms with Crippen molar-refractivity contribution in [1.82, 2.24) is 0 Å². The van der Waals surface area contributed by atoms with Crippen LogP contribution in [0.25, 0.3) is 0 Å². The van der Waals surface area contributed by atoms with Gasteiger partial charge in [0.15, 0.2) is 0 Å². The van der Waals surface area contributed by atoms with Crippen molar-refractivity contribution >= 4 is 0 Å². The SMILES string of the molecule is COc1ccc(C(O)c2ccc(F)cc2C)c(F)c1. The van der Waals surface area contributed by atoms with Crippen LogP contribution in [0.3, 0.4) is 0 Å². The number of methoxy groups -OCH3 is 1. The van der Waals surface area contributed by atoms with Crippen LogP contribution in [-0.2, 0) is 0 Å². The van der Waals surface area contributed by atoms with E-state index >= 15 is 0 Å². The van der Waals surface area contributed by atoms with Crippen LogP contribution in [0.1, 0.15) is 22.8 Å². The van der Waals surface area contributed by atoms with E-state index in [4.69, 9.17) is 4.74 Å². The van der Waals surface area contributed by atoms with Crippen molar-refractivity contribution in [2.45, 2.75) is 13.0 Å². The molecule has 0 radical (unpaired) electrons. The number of hydrogen-bond donors (Lipinski definition) is 1. The monoisotopic (exact) mass is 264 g/mol. The van der Waals surface area contributed by atoms with Crippen LogP contribution in [0.15, 0.2) is 36.4 Å². The molecule has 0 saturated carbocycles. The number of aryl methyl sites for hydroxylation is 1. The van der Waals surface area contributed by atoms with Crippen LogP contribution in [0, 0.1) is 18.6 Å². The van der Waals surface area contributed by atoms with Crippen molar-refractivity contribution in [3.05, 3.63) is 64.7 Å². The van der Waals surface area contributed by atoms with Gasteiger partial charge in [-0.15, -0.1) is 0 Å². The molecule has 0 aliphatic rings. The zero-order valence-corrected chi connectivity index (χ0v) is 10.7. The lowest BCUT2D eigenvalue weighted by Gasteiger charge is -2.15. The van der Waals surface area contributed by atoms with Gasteiger partial charge in [0.05, 0.1) is 7.11 Å². The first-order chi connectivity index (χ1) is 9.02. The molecule has 0 fully saturated rings. The fourth-order valence-corrected chi connectivity index (χ4v) is 1.97. The fourth-order valence-electron chi connectivity index (χ4n) is 1.97. The summed E-state index contributed by atoms with van der Waals surface area (Å²) in [7, 11) is 1.44. The van der Waals surface area contributed by atoms with Gasteiger partial charge in [0.1, 0.15) is 23.5 Å². The Morgan fingerprint density at radius 3 is 2.32 bits per heavy atom. The topological polar surface area (TPSA) is 29.5 Å². The number of ether oxygens (including phenoxy) is 1. The van der Waals surface area contributed by atoms with Crippen molar-refractivity contribution in [3.63, 3.8) is 0 Å². The molecule has 4 heteroatoms. The molecule has 0 aliphatic carbocycles. The van der Waals surface area contributed by atoms with Gasteiger partial charge in [0, 0.05) is 11.6 Å². The molecule has 0 amide bonds. The number of halogens is 2. The van der Waals surface area contributed by atoms with Gasteiger partial charge in [0.25, 0.3) is 0 Å². The van der Waals surface area contributed by atoms with E-state index in [0.29, 0.717) is 16.9 Å². The molecule has 1 N–H and O–H groups in total. The quantitative estimate of drug-likeness (QED) is 0.921. The van der Waals surface area contributed by atoms with E-state index < -0.39 is 11.9 Å². The molecule has 2 rings (SSSR count). The van der Waals surface area contributed by atoms with E-state index in [9.17, 15) is 13.9 Å². The summed E-state index contributed by atoms with van der Waals surface area (Å²) in [5.41, 5.74) is 1.18. The number of benzene rings is 2. The van der Waals surface area contributed by atoms with Gasteiger partial charge in [-0.05, 0) is 42.3 Å². The molecule has 2 aromatic rings. The highest BCUT2D eigenvalue weighted by molar-refractivity contribution is 5.38. The smallest absolute Gasteiger partial charge is 0.133 e. The molecule has 1 atom stereocenters. The van der Waals surface area contributed by atoms with E-state index in [2.05, 4.69) is 0 Å². The third-order valence-corrected chi connectivity index (χ3v) is 3.03. The molecule has 0 spiro atoms. The van der Waals surface area contributed by atoms with Gasteiger partial charge in [-0.2, -0.15) is 0 Å². The van der Waals surface area contributed by atoms with E-state index in [1.54, 1.807) is 13.0 Å². The lowest BCUT2D eigenvalue weighted by atomic mass is 9.97. The molecule has 0 saturated heterocycles. The molecule has 2 aromatic carbocycles. The first-order valence-corrected chi connectivity index (χ1v) is 5.80. The van der Waals surface area contributed by atoms with Crippen LogP contribution in [0.5, 0.6) is 5.75 Å². The molecule has 1 unspecified atom stereocenters. The largest absolute Gasteiger partial charge is 0.497 e. The summed E-state index contributed by atoms with van der Waals surface area (Å²) in [6.07, 6.45) is -1.13. The van der Waals surface area contributed by atoms with Gasteiger partial charge in [0.2, 0.25) is 0 Å². The summed E-state index contributed by atoms with van der Waals surface area (Å²) < 4.78 is 31.8. The fraction of sp³-hybridized carbons (Fsp3) is 0.200. The second-order valence-corrected chi connectivity index (χ2v) is 4.29. The normalized spacial score (nSPS) is 12.3.